The Morgan fingerprint density at radius 1 is 0.727 bits per heavy atom. The predicted octanol–water partition coefficient (Wildman–Crippen LogP) is 8.33. The molecule has 0 aliphatic rings. The number of para-hydroxylation sites is 2. The molecule has 4 aromatic carbocycles. The van der Waals surface area contributed by atoms with Crippen LogP contribution in [-0.2, 0) is 31.3 Å². The van der Waals surface area contributed by atoms with Gasteiger partial charge in [0.05, 0.1) is 15.2 Å². The minimum Gasteiger partial charge on any atom is -0.497 e. The number of methoxy groups -OCH3 is 1. The van der Waals surface area contributed by atoms with Gasteiger partial charge in [-0.1, -0.05) is 101 Å². The molecule has 0 bridgehead atoms. The molecule has 5 heteroatoms. The van der Waals surface area contributed by atoms with Gasteiger partial charge in [0.25, 0.3) is 0 Å². The van der Waals surface area contributed by atoms with Gasteiger partial charge in [-0.25, -0.2) is 11.6 Å². The van der Waals surface area contributed by atoms with Gasteiger partial charge in [0, 0.05) is 0 Å². The molecular weight excluding hydrogens is 585 g/mol. The summed E-state index contributed by atoms with van der Waals surface area (Å²) in [4.78, 5) is 4.12. The van der Waals surface area contributed by atoms with Crippen molar-refractivity contribution in [1.29, 1.82) is 0 Å². The van der Waals surface area contributed by atoms with Gasteiger partial charge >= 0.3 is 25.8 Å². The van der Waals surface area contributed by atoms with E-state index >= 15 is 0 Å². The van der Waals surface area contributed by atoms with Crippen LogP contribution in [0.15, 0.2) is 72.8 Å². The molecule has 44 heavy (non-hydrogen) atoms. The van der Waals surface area contributed by atoms with Crippen LogP contribution >= 0.6 is 0 Å². The van der Waals surface area contributed by atoms with Gasteiger partial charge in [-0.2, -0.15) is 53.9 Å². The molecule has 0 fully saturated rings. The van der Waals surface area contributed by atoms with Crippen molar-refractivity contribution < 1.29 is 30.6 Å². The van der Waals surface area contributed by atoms with E-state index in [-0.39, 0.29) is 31.3 Å². The monoisotopic (exact) mass is 640 g/mol. The predicted molar refractivity (Wildman–Crippen MR) is 195 cm³/mol. The molecular formula is C39H55N2OScSi. The van der Waals surface area contributed by atoms with Crippen molar-refractivity contribution in [1.82, 2.24) is 0 Å². The average Bonchev–Trinajstić information content (AvgIpc) is 3.27. The Morgan fingerprint density at radius 2 is 1.18 bits per heavy atom. The third kappa shape index (κ3) is 10.1. The average molecular weight is 641 g/mol. The summed E-state index contributed by atoms with van der Waals surface area (Å²) >= 11 is 0. The summed E-state index contributed by atoms with van der Waals surface area (Å²) in [6.07, 6.45) is 0. The molecule has 234 valence electrons. The molecule has 0 saturated heterocycles. The van der Waals surface area contributed by atoms with Crippen LogP contribution in [0.5, 0.6) is 5.75 Å². The van der Waals surface area contributed by atoms with Crippen LogP contribution in [0.2, 0.25) is 13.1 Å². The number of nitrogens with zero attached hydrogens (tertiary/aromatic N) is 2. The minimum absolute atomic E-state index is 0. The Hall–Kier alpha value is -2.76. The zero-order chi connectivity index (χ0) is 32.7. The Morgan fingerprint density at radius 3 is 1.50 bits per heavy atom. The standard InChI is InChI=1S/C21H31OSi.2C9H12N.Sc/c1-14-10-16(3)18(12-14)23(8,9)19-13-15(2)11-17(20(19)22-7)21(4,5)6;2*1-8-6-4-5-7-9(8)10(2)3;/h10-13H,1-9H3;2*4-7H,1H2,2-3H3;/q3*-1;+3. The number of hydrogen-bond acceptors (Lipinski definition) is 3. The molecule has 4 rings (SSSR count). The SMILES string of the molecule is COc1c(C(C)(C)C)cc(C)cc1[Si](C)(C)[c-]1cc(C)cc1C.[CH2-]c1ccccc1N(C)C.[CH2-]c1ccccc1N(C)C.[Sc+3]. The van der Waals surface area contributed by atoms with Gasteiger partial charge in [-0.05, 0) is 51.3 Å². The van der Waals surface area contributed by atoms with E-state index in [1.165, 1.54) is 44.0 Å². The molecule has 0 amide bonds. The van der Waals surface area contributed by atoms with Crippen molar-refractivity contribution in [3.05, 3.63) is 120 Å². The fourth-order valence-corrected chi connectivity index (χ4v) is 8.86. The molecule has 0 heterocycles. The van der Waals surface area contributed by atoms with Gasteiger partial charge in [0.1, 0.15) is 5.75 Å². The van der Waals surface area contributed by atoms with E-state index in [4.69, 9.17) is 4.74 Å². The molecule has 0 aromatic heterocycles. The Balaban J connectivity index is 0.000000381. The van der Waals surface area contributed by atoms with Crippen LogP contribution in [0, 0.1) is 34.6 Å². The number of aryl methyl sites for hydroxylation is 3. The van der Waals surface area contributed by atoms with Crippen LogP contribution in [0.25, 0.3) is 0 Å². The first-order valence-electron chi connectivity index (χ1n) is 15.0. The molecule has 0 spiro atoms. The van der Waals surface area contributed by atoms with Crippen molar-refractivity contribution in [2.24, 2.45) is 0 Å². The smallest absolute Gasteiger partial charge is 0.497 e. The summed E-state index contributed by atoms with van der Waals surface area (Å²) < 4.78 is 5.95. The number of anilines is 2. The second-order valence-electron chi connectivity index (χ2n) is 13.4. The van der Waals surface area contributed by atoms with E-state index in [0.717, 1.165) is 16.9 Å². The molecule has 0 atom stereocenters. The fraction of sp³-hybridized carbons (Fsp3) is 0.359. The van der Waals surface area contributed by atoms with Crippen molar-refractivity contribution in [3.8, 4) is 5.75 Å². The van der Waals surface area contributed by atoms with Crippen molar-refractivity contribution in [3.63, 3.8) is 0 Å². The van der Waals surface area contributed by atoms with Gasteiger partial charge in [-0.15, -0.1) is 12.1 Å². The first-order valence-corrected chi connectivity index (χ1v) is 18.0. The van der Waals surface area contributed by atoms with Crippen LogP contribution in [0.1, 0.15) is 54.2 Å². The molecule has 3 nitrogen and oxygen atoms in total. The molecule has 0 saturated carbocycles. The maximum absolute atomic E-state index is 5.95. The van der Waals surface area contributed by atoms with E-state index in [0.29, 0.717) is 0 Å². The van der Waals surface area contributed by atoms with E-state index in [1.54, 1.807) is 0 Å². The second kappa shape index (κ2) is 16.5. The van der Waals surface area contributed by atoms with Crippen molar-refractivity contribution >= 4 is 29.8 Å². The first kappa shape index (κ1) is 39.3. The molecule has 0 radical (unpaired) electrons. The summed E-state index contributed by atoms with van der Waals surface area (Å²) in [7, 11) is 8.08. The normalized spacial score (nSPS) is 10.8. The van der Waals surface area contributed by atoms with E-state index in [2.05, 4.69) is 115 Å². The zero-order valence-electron chi connectivity index (χ0n) is 29.7. The molecule has 0 aliphatic heterocycles. The van der Waals surface area contributed by atoms with Gasteiger partial charge in [-0.3, -0.25) is 0 Å². The zero-order valence-corrected chi connectivity index (χ0v) is 32.5. The molecule has 0 aliphatic carbocycles. The summed E-state index contributed by atoms with van der Waals surface area (Å²) in [5.41, 5.74) is 10.0. The van der Waals surface area contributed by atoms with Crippen LogP contribution in [0.3, 0.4) is 0 Å². The molecule has 0 N–H and O–H groups in total. The van der Waals surface area contributed by atoms with Crippen LogP contribution in [-0.4, -0.2) is 43.4 Å². The van der Waals surface area contributed by atoms with Crippen molar-refractivity contribution in [2.45, 2.75) is 60.1 Å². The number of ether oxygens (including phenoxy) is 1. The van der Waals surface area contributed by atoms with Gasteiger partial charge < -0.3 is 14.5 Å². The summed E-state index contributed by atoms with van der Waals surface area (Å²) in [5, 5.41) is 2.94. The third-order valence-electron chi connectivity index (χ3n) is 7.78. The Labute approximate surface area is 289 Å². The fourth-order valence-electron chi connectivity index (χ4n) is 5.53. The first-order chi connectivity index (χ1) is 19.9. The number of benzene rings is 3. The second-order valence-corrected chi connectivity index (χ2v) is 17.8. The summed E-state index contributed by atoms with van der Waals surface area (Å²) in [6.45, 7) is 26.1. The van der Waals surface area contributed by atoms with E-state index in [9.17, 15) is 0 Å². The number of hydrogen-bond donors (Lipinski definition) is 0. The maximum Gasteiger partial charge on any atom is 3.00 e. The third-order valence-corrected chi connectivity index (χ3v) is 11.4. The quantitative estimate of drug-likeness (QED) is 0.161. The molecule has 0 unspecified atom stereocenters. The largest absolute Gasteiger partial charge is 3.00 e. The molecule has 4 aromatic rings. The summed E-state index contributed by atoms with van der Waals surface area (Å²) in [6, 6.07) is 25.5. The summed E-state index contributed by atoms with van der Waals surface area (Å²) in [5.74, 6) is 1.10. The van der Waals surface area contributed by atoms with Gasteiger partial charge in [0.2, 0.25) is 0 Å². The number of rotatable bonds is 5. The van der Waals surface area contributed by atoms with E-state index < -0.39 is 8.07 Å². The van der Waals surface area contributed by atoms with Gasteiger partial charge in [0.15, 0.2) is 0 Å². The Bertz CT molecular complexity index is 1430. The van der Waals surface area contributed by atoms with Crippen LogP contribution in [0.4, 0.5) is 11.4 Å². The Kier molecular flexibility index (Phi) is 14.7. The topological polar surface area (TPSA) is 15.7 Å². The van der Waals surface area contributed by atoms with Crippen molar-refractivity contribution in [2.75, 3.05) is 45.1 Å². The van der Waals surface area contributed by atoms with E-state index in [1.807, 2.05) is 71.7 Å². The van der Waals surface area contributed by atoms with Crippen LogP contribution < -0.4 is 24.9 Å². The minimum atomic E-state index is -1.81. The maximum atomic E-state index is 5.95.